The highest BCUT2D eigenvalue weighted by molar-refractivity contribution is 7.14. The van der Waals surface area contributed by atoms with E-state index in [2.05, 4.69) is 24.1 Å². The Morgan fingerprint density at radius 1 is 1.60 bits per heavy atom. The van der Waals surface area contributed by atoms with E-state index >= 15 is 0 Å². The maximum atomic E-state index is 12.2. The molecule has 1 atom stereocenters. The van der Waals surface area contributed by atoms with Crippen LogP contribution in [-0.2, 0) is 0 Å². The van der Waals surface area contributed by atoms with Gasteiger partial charge in [-0.25, -0.2) is 0 Å². The van der Waals surface area contributed by atoms with Crippen molar-refractivity contribution in [1.82, 2.24) is 5.32 Å². The van der Waals surface area contributed by atoms with Gasteiger partial charge in [0, 0.05) is 12.5 Å². The van der Waals surface area contributed by atoms with E-state index in [0.29, 0.717) is 6.42 Å². The Balaban J connectivity index is 1.95. The third-order valence-electron chi connectivity index (χ3n) is 3.34. The van der Waals surface area contributed by atoms with Gasteiger partial charge in [0.1, 0.15) is 0 Å². The number of rotatable bonds is 5. The summed E-state index contributed by atoms with van der Waals surface area (Å²) >= 11 is 1.43. The first-order chi connectivity index (χ1) is 9.60. The minimum atomic E-state index is 0.00135. The molecule has 0 spiro atoms. The summed E-state index contributed by atoms with van der Waals surface area (Å²) in [6, 6.07) is 2.13. The van der Waals surface area contributed by atoms with E-state index in [-0.39, 0.29) is 18.6 Å². The van der Waals surface area contributed by atoms with Crippen molar-refractivity contribution in [2.45, 2.75) is 45.6 Å². The van der Waals surface area contributed by atoms with E-state index < -0.39 is 0 Å². The lowest BCUT2D eigenvalue weighted by atomic mass is 10.1. The number of aliphatic hydroxyl groups is 1. The van der Waals surface area contributed by atoms with Gasteiger partial charge >= 0.3 is 0 Å². The van der Waals surface area contributed by atoms with E-state index in [9.17, 15) is 4.79 Å². The fourth-order valence-electron chi connectivity index (χ4n) is 2.12. The number of carbonyl (C=O) groups is 1. The third-order valence-corrected chi connectivity index (χ3v) is 4.49. The number of hydrogen-bond donors (Lipinski definition) is 2. The maximum absolute atomic E-state index is 12.2. The molecule has 1 aliphatic carbocycles. The van der Waals surface area contributed by atoms with Crippen molar-refractivity contribution in [2.24, 2.45) is 5.92 Å². The van der Waals surface area contributed by atoms with E-state index in [0.717, 1.165) is 27.7 Å². The second-order valence-corrected chi connectivity index (χ2v) is 6.50. The standard InChI is InChI=1S/C16H21NO2S/c1-11-9-15(20-14(11)5-3-4-8-18)16(19)17-12(2)10-13-6-7-13/h9,12-13,18H,4,6-8,10H2,1-2H3,(H,17,19). The maximum Gasteiger partial charge on any atom is 0.261 e. The van der Waals surface area contributed by atoms with Crippen LogP contribution in [-0.4, -0.2) is 23.7 Å². The van der Waals surface area contributed by atoms with E-state index in [4.69, 9.17) is 5.11 Å². The van der Waals surface area contributed by atoms with Crippen LogP contribution in [0.1, 0.15) is 52.7 Å². The van der Waals surface area contributed by atoms with Gasteiger partial charge in [0.25, 0.3) is 5.91 Å². The van der Waals surface area contributed by atoms with Gasteiger partial charge in [0.15, 0.2) is 0 Å². The van der Waals surface area contributed by atoms with Gasteiger partial charge in [-0.3, -0.25) is 4.79 Å². The number of nitrogens with one attached hydrogen (secondary N) is 1. The van der Waals surface area contributed by atoms with Crippen molar-refractivity contribution in [1.29, 1.82) is 0 Å². The fourth-order valence-corrected chi connectivity index (χ4v) is 3.07. The molecule has 1 amide bonds. The second kappa shape index (κ2) is 6.92. The summed E-state index contributed by atoms with van der Waals surface area (Å²) in [7, 11) is 0. The van der Waals surface area contributed by atoms with E-state index in [1.165, 1.54) is 24.2 Å². The zero-order valence-corrected chi connectivity index (χ0v) is 12.8. The summed E-state index contributed by atoms with van der Waals surface area (Å²) in [6.07, 6.45) is 4.17. The number of amides is 1. The topological polar surface area (TPSA) is 49.3 Å². The molecule has 1 aromatic heterocycles. The Labute approximate surface area is 124 Å². The first-order valence-corrected chi connectivity index (χ1v) is 7.93. The van der Waals surface area contributed by atoms with Crippen LogP contribution in [0.25, 0.3) is 0 Å². The van der Waals surface area contributed by atoms with Gasteiger partial charge in [-0.15, -0.1) is 11.3 Å². The molecule has 1 aromatic rings. The van der Waals surface area contributed by atoms with Crippen molar-refractivity contribution in [3.63, 3.8) is 0 Å². The Morgan fingerprint density at radius 3 is 3.00 bits per heavy atom. The third kappa shape index (κ3) is 4.36. The molecule has 0 bridgehead atoms. The molecule has 0 aliphatic heterocycles. The van der Waals surface area contributed by atoms with Crippen LogP contribution < -0.4 is 5.32 Å². The highest BCUT2D eigenvalue weighted by Crippen LogP contribution is 2.33. The summed E-state index contributed by atoms with van der Waals surface area (Å²) in [6.45, 7) is 4.10. The van der Waals surface area contributed by atoms with Crippen LogP contribution in [0.2, 0.25) is 0 Å². The fraction of sp³-hybridized carbons (Fsp3) is 0.562. The van der Waals surface area contributed by atoms with Gasteiger partial charge in [-0.1, -0.05) is 24.7 Å². The molecule has 1 heterocycles. The zero-order chi connectivity index (χ0) is 14.5. The molecule has 1 saturated carbocycles. The van der Waals surface area contributed by atoms with Crippen LogP contribution in [0.5, 0.6) is 0 Å². The number of hydrogen-bond acceptors (Lipinski definition) is 3. The molecule has 20 heavy (non-hydrogen) atoms. The van der Waals surface area contributed by atoms with Crippen LogP contribution >= 0.6 is 11.3 Å². The molecule has 4 heteroatoms. The summed E-state index contributed by atoms with van der Waals surface area (Å²) in [4.78, 5) is 13.8. The molecule has 2 N–H and O–H groups in total. The van der Waals surface area contributed by atoms with Crippen LogP contribution in [0.3, 0.4) is 0 Å². The minimum Gasteiger partial charge on any atom is -0.395 e. The molecule has 2 rings (SSSR count). The number of thiophene rings is 1. The van der Waals surface area contributed by atoms with Crippen molar-refractivity contribution in [2.75, 3.05) is 6.61 Å². The molecule has 0 saturated heterocycles. The van der Waals surface area contributed by atoms with Crippen LogP contribution in [0.15, 0.2) is 6.07 Å². The Bertz CT molecular complexity index is 534. The summed E-state index contributed by atoms with van der Waals surface area (Å²) in [5, 5.41) is 11.8. The number of aryl methyl sites for hydroxylation is 1. The summed E-state index contributed by atoms with van der Waals surface area (Å²) < 4.78 is 0. The molecular formula is C16H21NO2S. The van der Waals surface area contributed by atoms with Gasteiger partial charge in [0.2, 0.25) is 0 Å². The summed E-state index contributed by atoms with van der Waals surface area (Å²) in [5.74, 6) is 6.73. The van der Waals surface area contributed by atoms with E-state index in [1.54, 1.807) is 0 Å². The van der Waals surface area contributed by atoms with Gasteiger partial charge in [0.05, 0.1) is 16.4 Å². The lowest BCUT2D eigenvalue weighted by Gasteiger charge is -2.12. The van der Waals surface area contributed by atoms with Crippen molar-refractivity contribution >= 4 is 17.2 Å². The molecule has 0 radical (unpaired) electrons. The number of aliphatic hydroxyl groups excluding tert-OH is 1. The quantitative estimate of drug-likeness (QED) is 0.820. The van der Waals surface area contributed by atoms with Crippen molar-refractivity contribution in [3.05, 3.63) is 21.4 Å². The minimum absolute atomic E-state index is 0.00135. The molecule has 3 nitrogen and oxygen atoms in total. The van der Waals surface area contributed by atoms with Crippen molar-refractivity contribution < 1.29 is 9.90 Å². The Morgan fingerprint density at radius 2 is 2.35 bits per heavy atom. The molecule has 1 unspecified atom stereocenters. The zero-order valence-electron chi connectivity index (χ0n) is 12.0. The Hall–Kier alpha value is -1.31. The van der Waals surface area contributed by atoms with Crippen LogP contribution in [0, 0.1) is 24.7 Å². The van der Waals surface area contributed by atoms with Gasteiger partial charge in [-0.05, 0) is 37.8 Å². The highest BCUT2D eigenvalue weighted by atomic mass is 32.1. The molecule has 1 fully saturated rings. The molecule has 0 aromatic carbocycles. The largest absolute Gasteiger partial charge is 0.395 e. The van der Waals surface area contributed by atoms with Gasteiger partial charge < -0.3 is 10.4 Å². The molecule has 1 aliphatic rings. The normalized spacial score (nSPS) is 15.3. The lowest BCUT2D eigenvalue weighted by Crippen LogP contribution is -2.32. The van der Waals surface area contributed by atoms with Crippen molar-refractivity contribution in [3.8, 4) is 11.8 Å². The Kier molecular flexibility index (Phi) is 5.22. The molecule has 108 valence electrons. The smallest absolute Gasteiger partial charge is 0.261 e. The predicted molar refractivity (Wildman–Crippen MR) is 81.9 cm³/mol. The first kappa shape index (κ1) is 15.1. The monoisotopic (exact) mass is 291 g/mol. The SMILES string of the molecule is Cc1cc(C(=O)NC(C)CC2CC2)sc1C#CCCO. The lowest BCUT2D eigenvalue weighted by molar-refractivity contribution is 0.0941. The highest BCUT2D eigenvalue weighted by Gasteiger charge is 2.24. The molecular weight excluding hydrogens is 270 g/mol. The second-order valence-electron chi connectivity index (χ2n) is 5.45. The summed E-state index contributed by atoms with van der Waals surface area (Å²) in [5.41, 5.74) is 1.03. The predicted octanol–water partition coefficient (Wildman–Crippen LogP) is 2.71. The van der Waals surface area contributed by atoms with Crippen LogP contribution in [0.4, 0.5) is 0 Å². The van der Waals surface area contributed by atoms with Gasteiger partial charge in [-0.2, -0.15) is 0 Å². The first-order valence-electron chi connectivity index (χ1n) is 7.11. The van der Waals surface area contributed by atoms with E-state index in [1.807, 2.05) is 13.0 Å². The average Bonchev–Trinajstić information content (AvgIpc) is 3.12. The average molecular weight is 291 g/mol. The number of carbonyl (C=O) groups excluding carboxylic acids is 1.